The normalized spacial score (nSPS) is 10.4. The summed E-state index contributed by atoms with van der Waals surface area (Å²) in [6, 6.07) is 13.2. The van der Waals surface area contributed by atoms with Crippen LogP contribution in [-0.4, -0.2) is 45.6 Å². The number of nitrogens with one attached hydrogen (secondary N) is 1. The molecule has 0 aliphatic rings. The summed E-state index contributed by atoms with van der Waals surface area (Å²) in [4.78, 5) is 46.7. The third-order valence-corrected chi connectivity index (χ3v) is 5.00. The zero-order chi connectivity index (χ0) is 24.5. The summed E-state index contributed by atoms with van der Waals surface area (Å²) >= 11 is 0. The SMILES string of the molecule is CCCN(CCC)C(=O)c1ccc(C(=O)Nc2ccc(Oc3ccc(C(C)=O)cc3)nc2)cn1. The van der Waals surface area contributed by atoms with E-state index in [-0.39, 0.29) is 17.6 Å². The molecular weight excluding hydrogens is 432 g/mol. The second-order valence-corrected chi connectivity index (χ2v) is 7.75. The summed E-state index contributed by atoms with van der Waals surface area (Å²) in [5.41, 5.74) is 1.74. The van der Waals surface area contributed by atoms with Crippen LogP contribution < -0.4 is 10.1 Å². The number of pyridine rings is 2. The van der Waals surface area contributed by atoms with E-state index in [2.05, 4.69) is 15.3 Å². The average molecular weight is 461 g/mol. The maximum absolute atomic E-state index is 12.6. The highest BCUT2D eigenvalue weighted by atomic mass is 16.5. The number of ketones is 1. The first-order valence-corrected chi connectivity index (χ1v) is 11.2. The lowest BCUT2D eigenvalue weighted by atomic mass is 10.1. The third-order valence-electron chi connectivity index (χ3n) is 5.00. The molecule has 0 spiro atoms. The van der Waals surface area contributed by atoms with Crippen LogP contribution in [0.25, 0.3) is 0 Å². The fourth-order valence-corrected chi connectivity index (χ4v) is 3.27. The number of carbonyl (C=O) groups excluding carboxylic acids is 3. The molecule has 2 amide bonds. The highest BCUT2D eigenvalue weighted by molar-refractivity contribution is 6.04. The first kappa shape index (κ1) is 24.6. The van der Waals surface area contributed by atoms with Crippen LogP contribution >= 0.6 is 0 Å². The van der Waals surface area contributed by atoms with Gasteiger partial charge in [0, 0.05) is 30.9 Å². The quantitative estimate of drug-likeness (QED) is 0.428. The monoisotopic (exact) mass is 460 g/mol. The van der Waals surface area contributed by atoms with Crippen molar-refractivity contribution in [2.45, 2.75) is 33.6 Å². The van der Waals surface area contributed by atoms with Crippen molar-refractivity contribution in [3.63, 3.8) is 0 Å². The summed E-state index contributed by atoms with van der Waals surface area (Å²) in [5.74, 6) is 0.386. The lowest BCUT2D eigenvalue weighted by Crippen LogP contribution is -2.33. The van der Waals surface area contributed by atoms with Crippen LogP contribution in [0, 0.1) is 0 Å². The Morgan fingerprint density at radius 2 is 1.53 bits per heavy atom. The van der Waals surface area contributed by atoms with E-state index in [0.717, 1.165) is 12.8 Å². The largest absolute Gasteiger partial charge is 0.439 e. The lowest BCUT2D eigenvalue weighted by molar-refractivity contribution is 0.0749. The summed E-state index contributed by atoms with van der Waals surface area (Å²) in [5, 5.41) is 2.75. The van der Waals surface area contributed by atoms with E-state index >= 15 is 0 Å². The molecule has 3 rings (SSSR count). The predicted octanol–water partition coefficient (Wildman–Crippen LogP) is 4.99. The van der Waals surface area contributed by atoms with Gasteiger partial charge in [-0.05, 0) is 62.2 Å². The number of benzene rings is 1. The number of carbonyl (C=O) groups is 3. The van der Waals surface area contributed by atoms with Gasteiger partial charge in [-0.1, -0.05) is 13.8 Å². The molecule has 0 aliphatic carbocycles. The topological polar surface area (TPSA) is 101 Å². The van der Waals surface area contributed by atoms with E-state index < -0.39 is 0 Å². The Kier molecular flexibility index (Phi) is 8.45. The molecule has 0 saturated carbocycles. The molecule has 0 atom stereocenters. The molecule has 0 aliphatic heterocycles. The number of hydrogen-bond acceptors (Lipinski definition) is 6. The van der Waals surface area contributed by atoms with Crippen LogP contribution in [-0.2, 0) is 0 Å². The van der Waals surface area contributed by atoms with Gasteiger partial charge in [0.05, 0.1) is 17.4 Å². The Morgan fingerprint density at radius 3 is 2.06 bits per heavy atom. The van der Waals surface area contributed by atoms with Crippen molar-refractivity contribution < 1.29 is 19.1 Å². The number of hydrogen-bond donors (Lipinski definition) is 1. The minimum Gasteiger partial charge on any atom is -0.439 e. The van der Waals surface area contributed by atoms with Gasteiger partial charge in [0.25, 0.3) is 11.8 Å². The van der Waals surface area contributed by atoms with Crippen molar-refractivity contribution in [3.8, 4) is 11.6 Å². The van der Waals surface area contributed by atoms with Crippen molar-refractivity contribution in [1.82, 2.24) is 14.9 Å². The van der Waals surface area contributed by atoms with Crippen molar-refractivity contribution in [3.05, 3.63) is 77.7 Å². The van der Waals surface area contributed by atoms with Crippen LogP contribution in [0.1, 0.15) is 64.8 Å². The van der Waals surface area contributed by atoms with Crippen LogP contribution in [0.5, 0.6) is 11.6 Å². The smallest absolute Gasteiger partial charge is 0.272 e. The summed E-state index contributed by atoms with van der Waals surface area (Å²) in [7, 11) is 0. The first-order chi connectivity index (χ1) is 16.4. The third kappa shape index (κ3) is 6.48. The Hall–Kier alpha value is -4.07. The van der Waals surface area contributed by atoms with Gasteiger partial charge in [-0.25, -0.2) is 4.98 Å². The van der Waals surface area contributed by atoms with Gasteiger partial charge in [0.2, 0.25) is 5.88 Å². The van der Waals surface area contributed by atoms with Crippen LogP contribution in [0.4, 0.5) is 5.69 Å². The van der Waals surface area contributed by atoms with Gasteiger partial charge in [0.15, 0.2) is 5.78 Å². The van der Waals surface area contributed by atoms with Gasteiger partial charge < -0.3 is 15.0 Å². The molecule has 1 aromatic carbocycles. The molecule has 3 aromatic rings. The van der Waals surface area contributed by atoms with Crippen LogP contribution in [0.15, 0.2) is 60.9 Å². The van der Waals surface area contributed by atoms with Gasteiger partial charge in [0.1, 0.15) is 11.4 Å². The standard InChI is InChI=1S/C26H28N4O4/c1-4-14-30(15-5-2)26(33)23-12-8-20(16-27-23)25(32)29-21-9-13-24(28-17-21)34-22-10-6-19(7-11-22)18(3)31/h6-13,16-17H,4-5,14-15H2,1-3H3,(H,29,32). The fraction of sp³-hybridized carbons (Fsp3) is 0.269. The maximum atomic E-state index is 12.6. The number of ether oxygens (including phenoxy) is 1. The van der Waals surface area contributed by atoms with E-state index in [1.165, 1.54) is 19.3 Å². The molecule has 0 unspecified atom stereocenters. The number of amides is 2. The Labute approximate surface area is 199 Å². The molecule has 0 radical (unpaired) electrons. The number of aromatic nitrogens is 2. The Bertz CT molecular complexity index is 1120. The van der Waals surface area contributed by atoms with E-state index in [9.17, 15) is 14.4 Å². The molecular formula is C26H28N4O4. The second-order valence-electron chi connectivity index (χ2n) is 7.75. The molecule has 0 bridgehead atoms. The average Bonchev–Trinajstić information content (AvgIpc) is 2.85. The van der Waals surface area contributed by atoms with E-state index in [4.69, 9.17) is 4.74 Å². The molecule has 0 fully saturated rings. The molecule has 1 N–H and O–H groups in total. The minimum atomic E-state index is -0.360. The predicted molar refractivity (Wildman–Crippen MR) is 129 cm³/mol. The van der Waals surface area contributed by atoms with Gasteiger partial charge in [-0.3, -0.25) is 19.4 Å². The lowest BCUT2D eigenvalue weighted by Gasteiger charge is -2.20. The Balaban J connectivity index is 1.59. The van der Waals surface area contributed by atoms with E-state index in [1.807, 2.05) is 13.8 Å². The zero-order valence-corrected chi connectivity index (χ0v) is 19.6. The summed E-state index contributed by atoms with van der Waals surface area (Å²) in [6.07, 6.45) is 4.62. The fourth-order valence-electron chi connectivity index (χ4n) is 3.27. The summed E-state index contributed by atoms with van der Waals surface area (Å²) < 4.78 is 5.67. The first-order valence-electron chi connectivity index (χ1n) is 11.2. The molecule has 8 nitrogen and oxygen atoms in total. The molecule has 34 heavy (non-hydrogen) atoms. The molecule has 2 aromatic heterocycles. The second kappa shape index (κ2) is 11.7. The van der Waals surface area contributed by atoms with Crippen molar-refractivity contribution >= 4 is 23.3 Å². The van der Waals surface area contributed by atoms with Crippen molar-refractivity contribution in [2.75, 3.05) is 18.4 Å². The van der Waals surface area contributed by atoms with E-state index in [1.54, 1.807) is 53.4 Å². The highest BCUT2D eigenvalue weighted by Gasteiger charge is 2.16. The molecule has 0 saturated heterocycles. The van der Waals surface area contributed by atoms with Gasteiger partial charge in [-0.2, -0.15) is 0 Å². The number of nitrogens with zero attached hydrogens (tertiary/aromatic N) is 3. The zero-order valence-electron chi connectivity index (χ0n) is 19.6. The maximum Gasteiger partial charge on any atom is 0.272 e. The van der Waals surface area contributed by atoms with Gasteiger partial charge >= 0.3 is 0 Å². The van der Waals surface area contributed by atoms with Crippen LogP contribution in [0.3, 0.4) is 0 Å². The van der Waals surface area contributed by atoms with Gasteiger partial charge in [-0.15, -0.1) is 0 Å². The Morgan fingerprint density at radius 1 is 0.853 bits per heavy atom. The molecule has 8 heteroatoms. The molecule has 176 valence electrons. The van der Waals surface area contributed by atoms with Crippen LogP contribution in [0.2, 0.25) is 0 Å². The van der Waals surface area contributed by atoms with Crippen molar-refractivity contribution in [1.29, 1.82) is 0 Å². The number of anilines is 1. The summed E-state index contributed by atoms with van der Waals surface area (Å²) in [6.45, 7) is 6.90. The van der Waals surface area contributed by atoms with Crippen molar-refractivity contribution in [2.24, 2.45) is 0 Å². The number of rotatable bonds is 10. The minimum absolute atomic E-state index is 0.0174. The van der Waals surface area contributed by atoms with E-state index in [0.29, 0.717) is 47.2 Å². The highest BCUT2D eigenvalue weighted by Crippen LogP contribution is 2.21. The molecule has 2 heterocycles. The number of Topliss-reactive ketones (excluding diaryl/α,β-unsaturated/α-hetero) is 1.